The maximum absolute atomic E-state index is 5.78. The summed E-state index contributed by atoms with van der Waals surface area (Å²) in [5.41, 5.74) is 3.64. The van der Waals surface area contributed by atoms with Gasteiger partial charge in [0.1, 0.15) is 5.75 Å². The summed E-state index contributed by atoms with van der Waals surface area (Å²) in [5, 5.41) is 4.13. The van der Waals surface area contributed by atoms with Crippen molar-refractivity contribution < 1.29 is 4.74 Å². The molecular formula is C14H18N2O. The first-order valence-corrected chi connectivity index (χ1v) is 5.84. The third-order valence-electron chi connectivity index (χ3n) is 2.87. The van der Waals surface area contributed by atoms with Crippen LogP contribution in [0.25, 0.3) is 0 Å². The molecule has 2 rings (SSSR count). The van der Waals surface area contributed by atoms with Gasteiger partial charge in [-0.15, -0.1) is 0 Å². The van der Waals surface area contributed by atoms with Gasteiger partial charge in [0.25, 0.3) is 0 Å². The van der Waals surface area contributed by atoms with E-state index in [-0.39, 0.29) is 0 Å². The molecule has 0 aliphatic carbocycles. The number of ether oxygens (including phenoxy) is 1. The summed E-state index contributed by atoms with van der Waals surface area (Å²) >= 11 is 0. The van der Waals surface area contributed by atoms with Gasteiger partial charge in [-0.25, -0.2) is 0 Å². The third-order valence-corrected chi connectivity index (χ3v) is 2.87. The number of hydrogen-bond acceptors (Lipinski definition) is 2. The molecule has 0 aliphatic heterocycles. The molecule has 3 heteroatoms. The van der Waals surface area contributed by atoms with Crippen LogP contribution >= 0.6 is 0 Å². The Balaban J connectivity index is 1.92. The second-order valence-electron chi connectivity index (χ2n) is 4.31. The van der Waals surface area contributed by atoms with E-state index >= 15 is 0 Å². The van der Waals surface area contributed by atoms with Crippen molar-refractivity contribution in [3.8, 4) is 5.75 Å². The molecule has 0 saturated heterocycles. The van der Waals surface area contributed by atoms with E-state index in [0.29, 0.717) is 6.61 Å². The lowest BCUT2D eigenvalue weighted by atomic mass is 10.1. The Labute approximate surface area is 102 Å². The van der Waals surface area contributed by atoms with Crippen molar-refractivity contribution in [3.63, 3.8) is 0 Å². The number of aryl methyl sites for hydroxylation is 3. The lowest BCUT2D eigenvalue weighted by Gasteiger charge is -2.09. The van der Waals surface area contributed by atoms with Crippen molar-refractivity contribution in [3.05, 3.63) is 47.3 Å². The fraction of sp³-hybridized carbons (Fsp3) is 0.357. The Hall–Kier alpha value is -1.77. The predicted octanol–water partition coefficient (Wildman–Crippen LogP) is 2.66. The molecule has 1 aromatic carbocycles. The minimum atomic E-state index is 0.684. The van der Waals surface area contributed by atoms with E-state index in [0.717, 1.165) is 12.2 Å². The fourth-order valence-corrected chi connectivity index (χ4v) is 1.87. The lowest BCUT2D eigenvalue weighted by molar-refractivity contribution is 0.316. The van der Waals surface area contributed by atoms with Crippen LogP contribution in [-0.4, -0.2) is 16.4 Å². The first-order chi connectivity index (χ1) is 8.16. The Morgan fingerprint density at radius 2 is 2.06 bits per heavy atom. The van der Waals surface area contributed by atoms with Gasteiger partial charge in [-0.1, -0.05) is 17.7 Å². The lowest BCUT2D eigenvalue weighted by Crippen LogP contribution is -2.06. The van der Waals surface area contributed by atoms with Crippen LogP contribution in [0.15, 0.2) is 30.5 Å². The molecule has 1 aromatic heterocycles. The van der Waals surface area contributed by atoms with E-state index in [1.54, 1.807) is 0 Å². The van der Waals surface area contributed by atoms with Crippen molar-refractivity contribution in [1.29, 1.82) is 0 Å². The number of rotatable bonds is 4. The van der Waals surface area contributed by atoms with Gasteiger partial charge in [-0.05, 0) is 31.5 Å². The highest BCUT2D eigenvalue weighted by atomic mass is 16.5. The number of aromatic nitrogens is 2. The van der Waals surface area contributed by atoms with E-state index in [2.05, 4.69) is 31.1 Å². The molecule has 0 atom stereocenters. The zero-order valence-electron chi connectivity index (χ0n) is 10.6. The second-order valence-corrected chi connectivity index (χ2v) is 4.31. The van der Waals surface area contributed by atoms with Crippen LogP contribution in [0.5, 0.6) is 5.75 Å². The molecule has 3 nitrogen and oxygen atoms in total. The molecular weight excluding hydrogens is 212 g/mol. The molecule has 0 radical (unpaired) electrons. The number of hydrogen-bond donors (Lipinski definition) is 0. The number of nitrogens with zero attached hydrogens (tertiary/aromatic N) is 2. The van der Waals surface area contributed by atoms with Gasteiger partial charge in [0.15, 0.2) is 0 Å². The summed E-state index contributed by atoms with van der Waals surface area (Å²) < 4.78 is 7.66. The molecule has 90 valence electrons. The van der Waals surface area contributed by atoms with E-state index < -0.39 is 0 Å². The molecule has 0 fully saturated rings. The van der Waals surface area contributed by atoms with E-state index in [1.165, 1.54) is 16.8 Å². The SMILES string of the molecule is Cc1ccc(OCCc2ccnn2C)c(C)c1. The minimum absolute atomic E-state index is 0.684. The molecule has 1 heterocycles. The van der Waals surface area contributed by atoms with Crippen molar-refractivity contribution >= 4 is 0 Å². The maximum atomic E-state index is 5.78. The van der Waals surface area contributed by atoms with Crippen LogP contribution in [0.2, 0.25) is 0 Å². The van der Waals surface area contributed by atoms with Gasteiger partial charge in [0.2, 0.25) is 0 Å². The summed E-state index contributed by atoms with van der Waals surface area (Å²) in [6.45, 7) is 4.85. The Kier molecular flexibility index (Phi) is 3.47. The van der Waals surface area contributed by atoms with Crippen molar-refractivity contribution in [2.45, 2.75) is 20.3 Å². The Morgan fingerprint density at radius 3 is 2.71 bits per heavy atom. The Bertz CT molecular complexity index is 503. The molecule has 0 bridgehead atoms. The molecule has 0 amide bonds. The molecule has 0 aliphatic rings. The Morgan fingerprint density at radius 1 is 1.24 bits per heavy atom. The van der Waals surface area contributed by atoms with Crippen LogP contribution in [0.3, 0.4) is 0 Å². The highest BCUT2D eigenvalue weighted by Gasteiger charge is 2.01. The highest BCUT2D eigenvalue weighted by Crippen LogP contribution is 2.18. The number of benzene rings is 1. The zero-order valence-corrected chi connectivity index (χ0v) is 10.6. The first-order valence-electron chi connectivity index (χ1n) is 5.84. The summed E-state index contributed by atoms with van der Waals surface area (Å²) in [6, 6.07) is 8.27. The van der Waals surface area contributed by atoms with E-state index in [4.69, 9.17) is 4.74 Å². The normalized spacial score (nSPS) is 10.5. The smallest absolute Gasteiger partial charge is 0.122 e. The molecule has 2 aromatic rings. The van der Waals surface area contributed by atoms with Crippen molar-refractivity contribution in [2.24, 2.45) is 7.05 Å². The molecule has 0 unspecified atom stereocenters. The van der Waals surface area contributed by atoms with Crippen LogP contribution in [0, 0.1) is 13.8 Å². The summed E-state index contributed by atoms with van der Waals surface area (Å²) in [5.74, 6) is 0.970. The van der Waals surface area contributed by atoms with Gasteiger partial charge in [0.05, 0.1) is 6.61 Å². The largest absolute Gasteiger partial charge is 0.493 e. The topological polar surface area (TPSA) is 27.1 Å². The highest BCUT2D eigenvalue weighted by molar-refractivity contribution is 5.35. The van der Waals surface area contributed by atoms with Gasteiger partial charge >= 0.3 is 0 Å². The van der Waals surface area contributed by atoms with Crippen LogP contribution in [0.4, 0.5) is 0 Å². The van der Waals surface area contributed by atoms with Gasteiger partial charge < -0.3 is 4.74 Å². The van der Waals surface area contributed by atoms with Gasteiger partial charge in [-0.2, -0.15) is 5.10 Å². The quantitative estimate of drug-likeness (QED) is 0.807. The minimum Gasteiger partial charge on any atom is -0.493 e. The summed E-state index contributed by atoms with van der Waals surface area (Å²) in [4.78, 5) is 0. The third kappa shape index (κ3) is 2.87. The van der Waals surface area contributed by atoms with Gasteiger partial charge in [0, 0.05) is 25.4 Å². The average Bonchev–Trinajstić information content (AvgIpc) is 2.68. The van der Waals surface area contributed by atoms with Crippen molar-refractivity contribution in [2.75, 3.05) is 6.61 Å². The molecule has 0 N–H and O–H groups in total. The summed E-state index contributed by atoms with van der Waals surface area (Å²) in [7, 11) is 1.95. The van der Waals surface area contributed by atoms with Crippen LogP contribution < -0.4 is 4.74 Å². The molecule has 0 saturated carbocycles. The van der Waals surface area contributed by atoms with Crippen LogP contribution in [0.1, 0.15) is 16.8 Å². The fourth-order valence-electron chi connectivity index (χ4n) is 1.87. The van der Waals surface area contributed by atoms with E-state index in [9.17, 15) is 0 Å². The molecule has 17 heavy (non-hydrogen) atoms. The van der Waals surface area contributed by atoms with E-state index in [1.807, 2.05) is 30.1 Å². The zero-order chi connectivity index (χ0) is 12.3. The summed E-state index contributed by atoms with van der Waals surface area (Å²) in [6.07, 6.45) is 2.69. The van der Waals surface area contributed by atoms with Gasteiger partial charge in [-0.3, -0.25) is 4.68 Å². The maximum Gasteiger partial charge on any atom is 0.122 e. The first kappa shape index (κ1) is 11.7. The molecule has 0 spiro atoms. The predicted molar refractivity (Wildman–Crippen MR) is 68.3 cm³/mol. The van der Waals surface area contributed by atoms with Crippen molar-refractivity contribution in [1.82, 2.24) is 9.78 Å². The van der Waals surface area contributed by atoms with Crippen LogP contribution in [-0.2, 0) is 13.5 Å². The standard InChI is InChI=1S/C14H18N2O/c1-11-4-5-14(12(2)10-11)17-9-7-13-6-8-15-16(13)3/h4-6,8,10H,7,9H2,1-3H3. The monoisotopic (exact) mass is 230 g/mol. The average molecular weight is 230 g/mol. The second kappa shape index (κ2) is 5.04.